The highest BCUT2D eigenvalue weighted by Crippen LogP contribution is 2.44. The van der Waals surface area contributed by atoms with E-state index in [0.29, 0.717) is 17.6 Å². The van der Waals surface area contributed by atoms with Crippen molar-refractivity contribution >= 4 is 18.0 Å². The van der Waals surface area contributed by atoms with Crippen LogP contribution in [0.3, 0.4) is 0 Å². The first kappa shape index (κ1) is 17.2. The molecule has 2 aliphatic rings. The maximum Gasteiger partial charge on any atom is 0.340 e. The van der Waals surface area contributed by atoms with Crippen molar-refractivity contribution in [3.63, 3.8) is 0 Å². The Kier molecular flexibility index (Phi) is 4.88. The number of rotatable bonds is 4. The van der Waals surface area contributed by atoms with Gasteiger partial charge in [-0.15, -0.1) is 0 Å². The van der Waals surface area contributed by atoms with Crippen molar-refractivity contribution in [3.05, 3.63) is 47.9 Å². The van der Waals surface area contributed by atoms with Crippen molar-refractivity contribution in [1.29, 1.82) is 0 Å². The summed E-state index contributed by atoms with van der Waals surface area (Å²) in [5.74, 6) is -0.313. The lowest BCUT2D eigenvalue weighted by molar-refractivity contribution is -0.137. The number of nitrogens with one attached hydrogen (secondary N) is 1. The molecule has 132 valence electrons. The molecule has 1 aromatic heterocycles. The van der Waals surface area contributed by atoms with Gasteiger partial charge in [-0.2, -0.15) is 0 Å². The van der Waals surface area contributed by atoms with Crippen LogP contribution in [0.25, 0.3) is 6.08 Å². The second-order valence-electron chi connectivity index (χ2n) is 6.52. The maximum atomic E-state index is 12.5. The summed E-state index contributed by atoms with van der Waals surface area (Å²) in [6.07, 6.45) is 6.85. The molecular weight excluding hydrogens is 320 g/mol. The predicted octanol–water partition coefficient (Wildman–Crippen LogP) is 2.18. The van der Waals surface area contributed by atoms with Crippen LogP contribution in [0.15, 0.2) is 36.8 Å². The number of carbonyl (C=O) groups is 2. The van der Waals surface area contributed by atoms with Crippen molar-refractivity contribution in [2.45, 2.75) is 19.4 Å². The SMILES string of the molecule is C=Cc1cncc(C(=O)OC2CC3C(C(=O)OC)=CNCC3C2C)c1. The number of esters is 2. The van der Waals surface area contributed by atoms with Crippen LogP contribution in [0.5, 0.6) is 0 Å². The first-order chi connectivity index (χ1) is 12.0. The van der Waals surface area contributed by atoms with Gasteiger partial charge in [0.15, 0.2) is 0 Å². The smallest absolute Gasteiger partial charge is 0.340 e. The molecule has 1 saturated carbocycles. The minimum Gasteiger partial charge on any atom is -0.466 e. The zero-order valence-corrected chi connectivity index (χ0v) is 14.4. The summed E-state index contributed by atoms with van der Waals surface area (Å²) in [5, 5.41) is 3.15. The summed E-state index contributed by atoms with van der Waals surface area (Å²) >= 11 is 0. The number of aromatic nitrogens is 1. The molecule has 1 aliphatic heterocycles. The second-order valence-corrected chi connectivity index (χ2v) is 6.52. The van der Waals surface area contributed by atoms with Gasteiger partial charge in [-0.1, -0.05) is 19.6 Å². The number of ether oxygens (including phenoxy) is 2. The van der Waals surface area contributed by atoms with E-state index in [1.807, 2.05) is 0 Å². The molecule has 4 atom stereocenters. The van der Waals surface area contributed by atoms with E-state index in [0.717, 1.165) is 12.1 Å². The lowest BCUT2D eigenvalue weighted by Crippen LogP contribution is -2.35. The number of carbonyl (C=O) groups excluding carboxylic acids is 2. The largest absolute Gasteiger partial charge is 0.466 e. The van der Waals surface area contributed by atoms with E-state index < -0.39 is 5.97 Å². The maximum absolute atomic E-state index is 12.5. The van der Waals surface area contributed by atoms with Gasteiger partial charge in [0.05, 0.1) is 18.2 Å². The molecule has 2 heterocycles. The van der Waals surface area contributed by atoms with Crippen molar-refractivity contribution in [3.8, 4) is 0 Å². The van der Waals surface area contributed by atoms with Crippen LogP contribution in [0.1, 0.15) is 29.3 Å². The third kappa shape index (κ3) is 3.29. The van der Waals surface area contributed by atoms with Gasteiger partial charge in [0.25, 0.3) is 0 Å². The first-order valence-corrected chi connectivity index (χ1v) is 8.35. The molecule has 0 amide bonds. The van der Waals surface area contributed by atoms with Gasteiger partial charge in [0.1, 0.15) is 6.10 Å². The van der Waals surface area contributed by atoms with Gasteiger partial charge in [-0.3, -0.25) is 4.98 Å². The molecule has 0 saturated heterocycles. The fourth-order valence-electron chi connectivity index (χ4n) is 3.75. The highest BCUT2D eigenvalue weighted by molar-refractivity contribution is 5.90. The van der Waals surface area contributed by atoms with Crippen molar-refractivity contribution in [1.82, 2.24) is 10.3 Å². The molecule has 0 bridgehead atoms. The normalized spacial score (nSPS) is 27.5. The van der Waals surface area contributed by atoms with E-state index in [9.17, 15) is 9.59 Å². The lowest BCUT2D eigenvalue weighted by atomic mass is 9.83. The van der Waals surface area contributed by atoms with Gasteiger partial charge in [0.2, 0.25) is 0 Å². The highest BCUT2D eigenvalue weighted by Gasteiger charge is 2.47. The Morgan fingerprint density at radius 1 is 1.36 bits per heavy atom. The fourth-order valence-corrected chi connectivity index (χ4v) is 3.75. The Labute approximate surface area is 146 Å². The van der Waals surface area contributed by atoms with E-state index in [1.165, 1.54) is 13.3 Å². The zero-order chi connectivity index (χ0) is 18.0. The quantitative estimate of drug-likeness (QED) is 0.845. The minimum absolute atomic E-state index is 0.0409. The summed E-state index contributed by atoms with van der Waals surface area (Å²) in [5.41, 5.74) is 1.79. The summed E-state index contributed by atoms with van der Waals surface area (Å²) in [7, 11) is 1.38. The van der Waals surface area contributed by atoms with Gasteiger partial charge in [-0.05, 0) is 29.9 Å². The Hall–Kier alpha value is -2.63. The number of methoxy groups -OCH3 is 1. The molecule has 0 radical (unpaired) electrons. The Morgan fingerprint density at radius 2 is 2.16 bits per heavy atom. The molecule has 1 aliphatic carbocycles. The third-order valence-corrected chi connectivity index (χ3v) is 5.19. The Bertz CT molecular complexity index is 728. The number of hydrogen-bond acceptors (Lipinski definition) is 6. The molecule has 0 spiro atoms. The summed E-state index contributed by atoms with van der Waals surface area (Å²) in [6.45, 7) is 6.50. The fraction of sp³-hybridized carbons (Fsp3) is 0.421. The van der Waals surface area contributed by atoms with Crippen LogP contribution in [0.4, 0.5) is 0 Å². The van der Waals surface area contributed by atoms with E-state index in [1.54, 1.807) is 24.5 Å². The minimum atomic E-state index is -0.400. The van der Waals surface area contributed by atoms with Crippen LogP contribution in [0.2, 0.25) is 0 Å². The monoisotopic (exact) mass is 342 g/mol. The number of pyridine rings is 1. The van der Waals surface area contributed by atoms with Crippen LogP contribution < -0.4 is 5.32 Å². The summed E-state index contributed by atoms with van der Waals surface area (Å²) in [4.78, 5) is 28.5. The molecule has 1 N–H and O–H groups in total. The molecule has 3 rings (SSSR count). The van der Waals surface area contributed by atoms with Gasteiger partial charge in [-0.25, -0.2) is 9.59 Å². The Balaban J connectivity index is 1.74. The molecular formula is C19H22N2O4. The van der Waals surface area contributed by atoms with Crippen LogP contribution >= 0.6 is 0 Å². The molecule has 1 fully saturated rings. The molecule has 1 aromatic rings. The third-order valence-electron chi connectivity index (χ3n) is 5.19. The molecule has 4 unspecified atom stereocenters. The highest BCUT2D eigenvalue weighted by atomic mass is 16.5. The Morgan fingerprint density at radius 3 is 2.88 bits per heavy atom. The van der Waals surface area contributed by atoms with E-state index in [2.05, 4.69) is 23.8 Å². The predicted molar refractivity (Wildman–Crippen MR) is 92.4 cm³/mol. The zero-order valence-electron chi connectivity index (χ0n) is 14.4. The number of hydrogen-bond donors (Lipinski definition) is 1. The first-order valence-electron chi connectivity index (χ1n) is 8.35. The van der Waals surface area contributed by atoms with E-state index >= 15 is 0 Å². The number of nitrogens with zero attached hydrogens (tertiary/aromatic N) is 1. The van der Waals surface area contributed by atoms with Crippen LogP contribution in [0, 0.1) is 17.8 Å². The van der Waals surface area contributed by atoms with Crippen LogP contribution in [-0.4, -0.2) is 36.7 Å². The molecule has 6 heteroatoms. The average molecular weight is 342 g/mol. The van der Waals surface area contributed by atoms with Gasteiger partial charge >= 0.3 is 11.9 Å². The lowest BCUT2D eigenvalue weighted by Gasteiger charge is -2.28. The van der Waals surface area contributed by atoms with Crippen molar-refractivity contribution in [2.75, 3.05) is 13.7 Å². The molecule has 6 nitrogen and oxygen atoms in total. The average Bonchev–Trinajstić information content (AvgIpc) is 2.97. The topological polar surface area (TPSA) is 77.5 Å². The summed E-state index contributed by atoms with van der Waals surface area (Å²) in [6, 6.07) is 1.70. The van der Waals surface area contributed by atoms with Gasteiger partial charge in [0, 0.05) is 31.1 Å². The molecule has 0 aromatic carbocycles. The van der Waals surface area contributed by atoms with Crippen LogP contribution in [-0.2, 0) is 14.3 Å². The standard InChI is InChI=1S/C19H22N2O4/c1-4-12-5-13(8-20-7-12)18(22)25-17-6-14-15(11(17)2)9-21-10-16(14)19(23)24-3/h4-5,7-8,10-11,14-15,17,21H,1,6,9H2,2-3H3. The second kappa shape index (κ2) is 7.09. The van der Waals surface area contributed by atoms with Crippen molar-refractivity contribution < 1.29 is 19.1 Å². The van der Waals surface area contributed by atoms with E-state index in [4.69, 9.17) is 9.47 Å². The van der Waals surface area contributed by atoms with Gasteiger partial charge < -0.3 is 14.8 Å². The number of fused-ring (bicyclic) bond motifs is 1. The molecule has 25 heavy (non-hydrogen) atoms. The van der Waals surface area contributed by atoms with E-state index in [-0.39, 0.29) is 29.8 Å². The van der Waals surface area contributed by atoms with Crippen molar-refractivity contribution in [2.24, 2.45) is 17.8 Å². The summed E-state index contributed by atoms with van der Waals surface area (Å²) < 4.78 is 10.6.